The van der Waals surface area contributed by atoms with Crippen molar-refractivity contribution in [1.29, 1.82) is 0 Å². The largest absolute Gasteiger partial charge is 0.463 e. The fraction of sp³-hybridized carbons (Fsp3) is 0.545. The highest BCUT2D eigenvalue weighted by Crippen LogP contribution is 2.39. The quantitative estimate of drug-likeness (QED) is 0.554. The van der Waals surface area contributed by atoms with E-state index in [1.165, 1.54) is 11.0 Å². The Morgan fingerprint density at radius 1 is 1.04 bits per heavy atom. The summed E-state index contributed by atoms with van der Waals surface area (Å²) in [5, 5.41) is 0. The van der Waals surface area contributed by atoms with Gasteiger partial charge in [0.25, 0.3) is 0 Å². The van der Waals surface area contributed by atoms with Crippen LogP contribution in [0.1, 0.15) is 65.2 Å². The van der Waals surface area contributed by atoms with E-state index in [1.54, 1.807) is 27.1 Å². The number of amides is 1. The van der Waals surface area contributed by atoms with Gasteiger partial charge in [-0.25, -0.2) is 9.59 Å². The highest BCUT2D eigenvalue weighted by molar-refractivity contribution is 5.88. The Kier molecular flexibility index (Phi) is 7.24. The van der Waals surface area contributed by atoms with Crippen molar-refractivity contribution < 1.29 is 19.1 Å². The highest BCUT2D eigenvalue weighted by atomic mass is 16.6. The summed E-state index contributed by atoms with van der Waals surface area (Å²) in [6, 6.07) is 4.04. The molecule has 0 bridgehead atoms. The van der Waals surface area contributed by atoms with Crippen molar-refractivity contribution in [2.75, 3.05) is 20.7 Å². The molecule has 0 spiro atoms. The summed E-state index contributed by atoms with van der Waals surface area (Å²) in [5.74, 6) is 0.0376. The molecule has 1 aromatic rings. The van der Waals surface area contributed by atoms with Crippen LogP contribution in [-0.4, -0.2) is 37.7 Å². The molecular formula is C22H33NO4. The average molecular weight is 376 g/mol. The lowest BCUT2D eigenvalue weighted by Gasteiger charge is -2.28. The van der Waals surface area contributed by atoms with E-state index in [9.17, 15) is 9.59 Å². The lowest BCUT2D eigenvalue weighted by Crippen LogP contribution is -2.27. The lowest BCUT2D eigenvalue weighted by atomic mass is 9.79. The zero-order valence-electron chi connectivity index (χ0n) is 18.1. The number of nitrogens with zero attached hydrogens (tertiary/aromatic N) is 1. The van der Waals surface area contributed by atoms with Crippen LogP contribution in [0.15, 0.2) is 18.2 Å². The second kappa shape index (κ2) is 8.59. The van der Waals surface area contributed by atoms with Gasteiger partial charge >= 0.3 is 12.1 Å². The number of hydrogen-bond donors (Lipinski definition) is 0. The molecular weight excluding hydrogens is 342 g/mol. The number of carbonyl (C=O) groups is 2. The average Bonchev–Trinajstić information content (AvgIpc) is 2.51. The van der Waals surface area contributed by atoms with Gasteiger partial charge in [-0.1, -0.05) is 47.6 Å². The normalized spacial score (nSPS) is 12.2. The molecule has 0 aliphatic rings. The molecule has 0 radical (unpaired) electrons. The minimum absolute atomic E-state index is 0.101. The predicted molar refractivity (Wildman–Crippen MR) is 109 cm³/mol. The van der Waals surface area contributed by atoms with Crippen molar-refractivity contribution in [2.45, 2.75) is 59.3 Å². The molecule has 0 aliphatic heterocycles. The van der Waals surface area contributed by atoms with E-state index in [2.05, 4.69) is 47.6 Å². The standard InChI is InChI=1S/C22H33NO4/c1-10-26-18(24)12-11-15-13-16(21(2,3)4)14-17(22(5,6)7)19(15)27-20(25)23(8)9/h11-14H,10H2,1-9H3/b12-11+. The Morgan fingerprint density at radius 3 is 2.07 bits per heavy atom. The topological polar surface area (TPSA) is 55.8 Å². The maximum Gasteiger partial charge on any atom is 0.414 e. The summed E-state index contributed by atoms with van der Waals surface area (Å²) in [6.45, 7) is 14.6. The van der Waals surface area contributed by atoms with Crippen LogP contribution < -0.4 is 4.74 Å². The number of esters is 1. The zero-order valence-corrected chi connectivity index (χ0v) is 18.1. The van der Waals surface area contributed by atoms with Crippen molar-refractivity contribution in [2.24, 2.45) is 0 Å². The molecule has 1 aromatic carbocycles. The van der Waals surface area contributed by atoms with Gasteiger partial charge in [-0.15, -0.1) is 0 Å². The number of ether oxygens (including phenoxy) is 2. The Hall–Kier alpha value is -2.30. The first-order valence-corrected chi connectivity index (χ1v) is 9.20. The summed E-state index contributed by atoms with van der Waals surface area (Å²) in [7, 11) is 3.27. The summed E-state index contributed by atoms with van der Waals surface area (Å²) < 4.78 is 10.7. The summed E-state index contributed by atoms with van der Waals surface area (Å²) >= 11 is 0. The third-order valence-corrected chi connectivity index (χ3v) is 4.03. The lowest BCUT2D eigenvalue weighted by molar-refractivity contribution is -0.137. The van der Waals surface area contributed by atoms with Gasteiger partial charge in [0.2, 0.25) is 0 Å². The molecule has 0 aromatic heterocycles. The van der Waals surface area contributed by atoms with E-state index in [1.807, 2.05) is 6.07 Å². The van der Waals surface area contributed by atoms with E-state index in [4.69, 9.17) is 9.47 Å². The van der Waals surface area contributed by atoms with Gasteiger partial charge in [0.15, 0.2) is 0 Å². The fourth-order valence-electron chi connectivity index (χ4n) is 2.41. The minimum Gasteiger partial charge on any atom is -0.463 e. The van der Waals surface area contributed by atoms with E-state index in [-0.39, 0.29) is 10.8 Å². The maximum atomic E-state index is 12.3. The Bertz CT molecular complexity index is 719. The van der Waals surface area contributed by atoms with Crippen LogP contribution in [-0.2, 0) is 20.4 Å². The molecule has 0 unspecified atom stereocenters. The first kappa shape index (κ1) is 22.7. The van der Waals surface area contributed by atoms with Gasteiger partial charge in [0.1, 0.15) is 5.75 Å². The number of rotatable bonds is 4. The van der Waals surface area contributed by atoms with Crippen LogP contribution in [0, 0.1) is 0 Å². The number of hydrogen-bond acceptors (Lipinski definition) is 4. The Morgan fingerprint density at radius 2 is 1.63 bits per heavy atom. The van der Waals surface area contributed by atoms with E-state index in [0.29, 0.717) is 17.9 Å². The van der Waals surface area contributed by atoms with E-state index >= 15 is 0 Å². The number of carbonyl (C=O) groups excluding carboxylic acids is 2. The van der Waals surface area contributed by atoms with E-state index < -0.39 is 12.1 Å². The SMILES string of the molecule is CCOC(=O)/C=C/c1cc(C(C)(C)C)cc(C(C)(C)C)c1OC(=O)N(C)C. The van der Waals surface area contributed by atoms with Crippen molar-refractivity contribution in [3.63, 3.8) is 0 Å². The summed E-state index contributed by atoms with van der Waals surface area (Å²) in [6.07, 6.45) is 2.56. The highest BCUT2D eigenvalue weighted by Gasteiger charge is 2.27. The number of benzene rings is 1. The molecule has 5 nitrogen and oxygen atoms in total. The van der Waals surface area contributed by atoms with Gasteiger partial charge in [-0.3, -0.25) is 0 Å². The molecule has 1 amide bonds. The molecule has 1 rings (SSSR count). The first-order valence-electron chi connectivity index (χ1n) is 9.20. The van der Waals surface area contributed by atoms with Crippen molar-refractivity contribution >= 4 is 18.1 Å². The monoisotopic (exact) mass is 375 g/mol. The molecule has 0 N–H and O–H groups in total. The molecule has 0 heterocycles. The van der Waals surface area contributed by atoms with Crippen LogP contribution in [0.3, 0.4) is 0 Å². The second-order valence-corrected chi connectivity index (χ2v) is 8.79. The van der Waals surface area contributed by atoms with Gasteiger partial charge in [-0.05, 0) is 35.5 Å². The molecule has 0 fully saturated rings. The third kappa shape index (κ3) is 6.42. The van der Waals surface area contributed by atoms with E-state index in [0.717, 1.165) is 11.1 Å². The van der Waals surface area contributed by atoms with Gasteiger partial charge in [-0.2, -0.15) is 0 Å². The minimum atomic E-state index is -0.463. The summed E-state index contributed by atoms with van der Waals surface area (Å²) in [4.78, 5) is 25.4. The van der Waals surface area contributed by atoms with Gasteiger partial charge in [0.05, 0.1) is 6.61 Å². The van der Waals surface area contributed by atoms with Crippen LogP contribution in [0.4, 0.5) is 4.79 Å². The molecule has 0 saturated carbocycles. The van der Waals surface area contributed by atoms with Gasteiger partial charge in [0, 0.05) is 31.3 Å². The second-order valence-electron chi connectivity index (χ2n) is 8.79. The van der Waals surface area contributed by atoms with Crippen molar-refractivity contribution in [1.82, 2.24) is 4.90 Å². The predicted octanol–water partition coefficient (Wildman–Crippen LogP) is 4.92. The molecule has 150 valence electrons. The van der Waals surface area contributed by atoms with Crippen LogP contribution in [0.2, 0.25) is 0 Å². The van der Waals surface area contributed by atoms with Crippen molar-refractivity contribution in [3.05, 3.63) is 34.9 Å². The van der Waals surface area contributed by atoms with Crippen LogP contribution in [0.25, 0.3) is 6.08 Å². The first-order chi connectivity index (χ1) is 12.3. The zero-order chi connectivity index (χ0) is 21.0. The molecule has 5 heteroatoms. The van der Waals surface area contributed by atoms with Crippen LogP contribution in [0.5, 0.6) is 5.75 Å². The molecule has 0 saturated heterocycles. The molecule has 27 heavy (non-hydrogen) atoms. The van der Waals surface area contributed by atoms with Crippen LogP contribution >= 0.6 is 0 Å². The van der Waals surface area contributed by atoms with Crippen molar-refractivity contribution in [3.8, 4) is 5.75 Å². The Labute approximate surface area is 163 Å². The smallest absolute Gasteiger partial charge is 0.414 e. The molecule has 0 aliphatic carbocycles. The Balaban J connectivity index is 3.66. The summed E-state index contributed by atoms with van der Waals surface area (Å²) in [5.41, 5.74) is 2.33. The molecule has 0 atom stereocenters. The fourth-order valence-corrected chi connectivity index (χ4v) is 2.41. The third-order valence-electron chi connectivity index (χ3n) is 4.03. The maximum absolute atomic E-state index is 12.3. The van der Waals surface area contributed by atoms with Gasteiger partial charge < -0.3 is 14.4 Å².